The lowest BCUT2D eigenvalue weighted by Gasteiger charge is -2.56. The van der Waals surface area contributed by atoms with Crippen molar-refractivity contribution in [1.29, 1.82) is 0 Å². The van der Waals surface area contributed by atoms with Crippen LogP contribution < -0.4 is 4.74 Å². The summed E-state index contributed by atoms with van der Waals surface area (Å²) in [7, 11) is 0. The van der Waals surface area contributed by atoms with Gasteiger partial charge in [-0.1, -0.05) is 60.9 Å². The Bertz CT molecular complexity index is 1810. The van der Waals surface area contributed by atoms with Crippen LogP contribution in [0.2, 0.25) is 0 Å². The van der Waals surface area contributed by atoms with E-state index in [0.29, 0.717) is 24.1 Å². The minimum Gasteiger partial charge on any atom is -0.507 e. The van der Waals surface area contributed by atoms with Crippen molar-refractivity contribution in [3.8, 4) is 17.2 Å². The van der Waals surface area contributed by atoms with Crippen molar-refractivity contribution < 1.29 is 38.8 Å². The fourth-order valence-corrected chi connectivity index (χ4v) is 8.72. The van der Waals surface area contributed by atoms with E-state index in [1.165, 1.54) is 5.57 Å². The molecule has 9 heteroatoms. The highest BCUT2D eigenvalue weighted by Crippen LogP contribution is 2.68. The number of phenolic OH excluding ortho intramolecular Hbond substituents is 2. The van der Waals surface area contributed by atoms with Gasteiger partial charge < -0.3 is 29.3 Å². The lowest BCUT2D eigenvalue weighted by atomic mass is 9.51. The van der Waals surface area contributed by atoms with Crippen LogP contribution in [0.1, 0.15) is 116 Å². The summed E-state index contributed by atoms with van der Waals surface area (Å²) in [5, 5.41) is 23.7. The maximum Gasteiger partial charge on any atom is 0.333 e. The van der Waals surface area contributed by atoms with E-state index in [2.05, 4.69) is 38.7 Å². The number of rotatable bonds is 15. The molecule has 1 aromatic carbocycles. The summed E-state index contributed by atoms with van der Waals surface area (Å²) in [6.07, 6.45) is 12.1. The van der Waals surface area contributed by atoms with E-state index in [0.717, 1.165) is 37.1 Å². The number of esters is 1. The van der Waals surface area contributed by atoms with E-state index in [4.69, 9.17) is 14.2 Å². The lowest BCUT2D eigenvalue weighted by molar-refractivity contribution is -0.171. The molecule has 3 aliphatic carbocycles. The highest BCUT2D eigenvalue weighted by atomic mass is 16.6. The summed E-state index contributed by atoms with van der Waals surface area (Å²) in [5.74, 6) is -2.50. The third-order valence-corrected chi connectivity index (χ3v) is 11.7. The van der Waals surface area contributed by atoms with Gasteiger partial charge in [0.15, 0.2) is 22.8 Å². The highest BCUT2D eigenvalue weighted by Gasteiger charge is 2.81. The molecular weight excluding hydrogens is 670 g/mol. The van der Waals surface area contributed by atoms with Crippen LogP contribution in [0.4, 0.5) is 0 Å². The van der Waals surface area contributed by atoms with Crippen molar-refractivity contribution >= 4 is 17.5 Å². The van der Waals surface area contributed by atoms with Gasteiger partial charge in [-0.2, -0.15) is 0 Å². The molecule has 53 heavy (non-hydrogen) atoms. The largest absolute Gasteiger partial charge is 0.507 e. The zero-order valence-electron chi connectivity index (χ0n) is 33.4. The predicted molar refractivity (Wildman–Crippen MR) is 206 cm³/mol. The molecule has 2 fully saturated rings. The molecule has 1 spiro atoms. The van der Waals surface area contributed by atoms with Crippen molar-refractivity contribution in [2.45, 2.75) is 125 Å². The SMILES string of the molecule is CCN(CC)CCOC(=O)/C(C)=C\CC12OC(C)(C)C3CC(C=C4C(=O)c5c(O)c(C/C=C(\C)CCC=C(C)C)c(O)c(CC=C(C)C)c5OC431)C2=O. The van der Waals surface area contributed by atoms with Crippen molar-refractivity contribution in [3.05, 3.63) is 74.9 Å². The standard InChI is InChI=1S/C44H59NO8/c1-11-45(12-2)22-23-51-41(50)29(8)20-21-43-40(49)30-24-33-38(48)35-37(47)31(19-17-28(7)15-13-14-26(3)4)36(46)32(18-16-27(5)6)39(35)52-44(33,43)34(25-30)42(9,10)53-43/h14,16-17,20,24,30,34,46-47H,11-13,15,18-19,21-23,25H2,1-10H3/b28-17+,29-20-. The minimum absolute atomic E-state index is 0.00159. The van der Waals surface area contributed by atoms with Crippen LogP contribution in [0.5, 0.6) is 17.2 Å². The van der Waals surface area contributed by atoms with Gasteiger partial charge in [-0.3, -0.25) is 9.59 Å². The number of aromatic hydroxyl groups is 2. The van der Waals surface area contributed by atoms with E-state index in [1.54, 1.807) is 19.1 Å². The van der Waals surface area contributed by atoms with Gasteiger partial charge in [-0.25, -0.2) is 4.79 Å². The average molecular weight is 730 g/mol. The molecule has 2 N–H and O–H groups in total. The van der Waals surface area contributed by atoms with Crippen molar-refractivity contribution in [2.24, 2.45) is 11.8 Å². The second-order valence-electron chi connectivity index (χ2n) is 16.2. The highest BCUT2D eigenvalue weighted by molar-refractivity contribution is 6.18. The number of nitrogens with zero attached hydrogens (tertiary/aromatic N) is 1. The molecule has 288 valence electrons. The Balaban J connectivity index is 1.60. The molecule has 4 bridgehead atoms. The molecule has 1 aromatic rings. The Morgan fingerprint density at radius 1 is 0.943 bits per heavy atom. The van der Waals surface area contributed by atoms with Crippen LogP contribution in [0.3, 0.4) is 0 Å². The summed E-state index contributed by atoms with van der Waals surface area (Å²) in [6, 6.07) is 0. The molecule has 4 atom stereocenters. The molecule has 0 radical (unpaired) electrons. The lowest BCUT2D eigenvalue weighted by Crippen LogP contribution is -2.72. The van der Waals surface area contributed by atoms with Gasteiger partial charge in [0.1, 0.15) is 29.4 Å². The van der Waals surface area contributed by atoms with Crippen molar-refractivity contribution in [3.63, 3.8) is 0 Å². The quantitative estimate of drug-likeness (QED) is 0.105. The molecule has 4 unspecified atom stereocenters. The molecule has 1 saturated heterocycles. The number of fused-ring (bicyclic) bond motifs is 1. The second kappa shape index (κ2) is 15.4. The number of likely N-dealkylation sites (N-methyl/N-ethyl adjacent to an activating group) is 1. The number of allylic oxidation sites excluding steroid dienone is 7. The van der Waals surface area contributed by atoms with Gasteiger partial charge in [-0.15, -0.1) is 0 Å². The van der Waals surface area contributed by atoms with Crippen LogP contribution in [0, 0.1) is 11.8 Å². The fourth-order valence-electron chi connectivity index (χ4n) is 8.72. The van der Waals surface area contributed by atoms with E-state index >= 15 is 0 Å². The number of hydrogen-bond donors (Lipinski definition) is 2. The Kier molecular flexibility index (Phi) is 11.7. The molecule has 0 amide bonds. The van der Waals surface area contributed by atoms with Crippen LogP contribution in [0.15, 0.2) is 58.2 Å². The molecule has 6 rings (SSSR count). The Hall–Kier alpha value is -3.95. The first kappa shape index (κ1) is 40.2. The number of benzene rings is 1. The Morgan fingerprint density at radius 3 is 2.25 bits per heavy atom. The van der Waals surface area contributed by atoms with Crippen LogP contribution in [-0.4, -0.2) is 75.7 Å². The third-order valence-electron chi connectivity index (χ3n) is 11.7. The molecule has 1 saturated carbocycles. The Morgan fingerprint density at radius 2 is 1.60 bits per heavy atom. The average Bonchev–Trinajstić information content (AvgIpc) is 3.25. The van der Waals surface area contributed by atoms with Gasteiger partial charge >= 0.3 is 5.97 Å². The van der Waals surface area contributed by atoms with Gasteiger partial charge in [0.25, 0.3) is 0 Å². The third kappa shape index (κ3) is 7.07. The molecule has 9 nitrogen and oxygen atoms in total. The molecule has 0 aromatic heterocycles. The molecule has 5 aliphatic rings. The number of Topliss-reactive ketones (excluding diaryl/α,β-unsaturated/α-hetero) is 2. The number of carbonyl (C=O) groups excluding carboxylic acids is 3. The summed E-state index contributed by atoms with van der Waals surface area (Å²) >= 11 is 0. The molecule has 2 heterocycles. The number of ketones is 2. The zero-order chi connectivity index (χ0) is 39.0. The first-order valence-electron chi connectivity index (χ1n) is 19.2. The summed E-state index contributed by atoms with van der Waals surface area (Å²) in [4.78, 5) is 44.7. The van der Waals surface area contributed by atoms with Gasteiger partial charge in [0.05, 0.1) is 5.60 Å². The number of phenols is 2. The van der Waals surface area contributed by atoms with Crippen LogP contribution >= 0.6 is 0 Å². The maximum absolute atomic E-state index is 14.9. The maximum atomic E-state index is 14.9. The first-order chi connectivity index (χ1) is 24.9. The number of ether oxygens (including phenoxy) is 3. The van der Waals surface area contributed by atoms with E-state index in [9.17, 15) is 24.6 Å². The van der Waals surface area contributed by atoms with Crippen LogP contribution in [0.25, 0.3) is 0 Å². The van der Waals surface area contributed by atoms with Gasteiger partial charge in [0, 0.05) is 47.1 Å². The van der Waals surface area contributed by atoms with Crippen molar-refractivity contribution in [2.75, 3.05) is 26.2 Å². The van der Waals surface area contributed by atoms with Gasteiger partial charge in [-0.05, 0) is 101 Å². The molecular formula is C44H59NO8. The smallest absolute Gasteiger partial charge is 0.333 e. The first-order valence-corrected chi connectivity index (χ1v) is 19.2. The number of carbonyl (C=O) groups is 3. The normalized spacial score (nSPS) is 25.5. The van der Waals surface area contributed by atoms with E-state index < -0.39 is 40.4 Å². The summed E-state index contributed by atoms with van der Waals surface area (Å²) in [6.45, 7) is 22.2. The topological polar surface area (TPSA) is 123 Å². The van der Waals surface area contributed by atoms with Crippen molar-refractivity contribution in [1.82, 2.24) is 4.90 Å². The van der Waals surface area contributed by atoms with E-state index in [1.807, 2.05) is 46.8 Å². The van der Waals surface area contributed by atoms with Gasteiger partial charge in [0.2, 0.25) is 0 Å². The Labute approximate surface area is 315 Å². The van der Waals surface area contributed by atoms with Crippen LogP contribution in [-0.2, 0) is 31.9 Å². The number of hydrogen-bond acceptors (Lipinski definition) is 9. The summed E-state index contributed by atoms with van der Waals surface area (Å²) < 4.78 is 19.5. The summed E-state index contributed by atoms with van der Waals surface area (Å²) in [5.41, 5.74) is 0.550. The minimum atomic E-state index is -1.63. The predicted octanol–water partition coefficient (Wildman–Crippen LogP) is 8.07. The molecule has 2 aliphatic heterocycles. The zero-order valence-corrected chi connectivity index (χ0v) is 33.4. The second-order valence-corrected chi connectivity index (χ2v) is 16.2. The van der Waals surface area contributed by atoms with E-state index in [-0.39, 0.29) is 65.6 Å². The fraction of sp³-hybridized carbons (Fsp3) is 0.568. The monoisotopic (exact) mass is 729 g/mol.